The minimum atomic E-state index is -0.896. The van der Waals surface area contributed by atoms with Gasteiger partial charge in [0.25, 0.3) is 0 Å². The van der Waals surface area contributed by atoms with Crippen LogP contribution in [0, 0.1) is 18.6 Å². The Bertz CT molecular complexity index is 617. The summed E-state index contributed by atoms with van der Waals surface area (Å²) in [6.07, 6.45) is 0.585. The number of benzene rings is 2. The highest BCUT2D eigenvalue weighted by atomic mass is 79.9. The van der Waals surface area contributed by atoms with Crippen LogP contribution in [0.3, 0.4) is 0 Å². The number of nitrogens with one attached hydrogen (secondary N) is 1. The third-order valence-corrected chi connectivity index (χ3v) is 3.97. The van der Waals surface area contributed by atoms with E-state index in [2.05, 4.69) is 21.4 Å². The summed E-state index contributed by atoms with van der Waals surface area (Å²) in [6, 6.07) is 10.3. The maximum atomic E-state index is 13.6. The van der Waals surface area contributed by atoms with Crippen molar-refractivity contribution in [2.75, 3.05) is 0 Å². The van der Waals surface area contributed by atoms with Crippen LogP contribution in [-0.2, 0) is 6.42 Å². The van der Waals surface area contributed by atoms with Crippen LogP contribution in [0.4, 0.5) is 8.78 Å². The number of nitrogens with two attached hydrogens (primary N) is 1. The molecule has 1 atom stereocenters. The first-order chi connectivity index (χ1) is 9.52. The number of halogens is 3. The fourth-order valence-corrected chi connectivity index (χ4v) is 2.74. The normalized spacial score (nSPS) is 12.4. The van der Waals surface area contributed by atoms with Gasteiger partial charge in [0.05, 0.1) is 10.5 Å². The summed E-state index contributed by atoms with van der Waals surface area (Å²) in [5.41, 5.74) is 5.46. The molecule has 0 fully saturated rings. The molecular formula is C15H15BrF2N2. The molecule has 0 amide bonds. The Balaban J connectivity index is 2.31. The summed E-state index contributed by atoms with van der Waals surface area (Å²) in [4.78, 5) is 0. The van der Waals surface area contributed by atoms with Crippen LogP contribution in [0.15, 0.2) is 40.9 Å². The van der Waals surface area contributed by atoms with Gasteiger partial charge in [0.15, 0.2) is 11.6 Å². The molecule has 0 heterocycles. The van der Waals surface area contributed by atoms with E-state index in [4.69, 9.17) is 5.84 Å². The largest absolute Gasteiger partial charge is 0.271 e. The zero-order chi connectivity index (χ0) is 14.7. The van der Waals surface area contributed by atoms with E-state index in [0.29, 0.717) is 12.0 Å². The van der Waals surface area contributed by atoms with Crippen molar-refractivity contribution in [2.24, 2.45) is 5.84 Å². The minimum absolute atomic E-state index is 0.105. The van der Waals surface area contributed by atoms with Gasteiger partial charge in [0.1, 0.15) is 0 Å². The van der Waals surface area contributed by atoms with Gasteiger partial charge in [-0.2, -0.15) is 0 Å². The first kappa shape index (κ1) is 15.1. The van der Waals surface area contributed by atoms with Crippen LogP contribution in [0.1, 0.15) is 22.7 Å². The Morgan fingerprint density at radius 3 is 2.65 bits per heavy atom. The van der Waals surface area contributed by atoms with Gasteiger partial charge in [-0.25, -0.2) is 8.78 Å². The molecule has 2 nitrogen and oxygen atoms in total. The first-order valence-electron chi connectivity index (χ1n) is 6.18. The third kappa shape index (κ3) is 3.23. The molecule has 3 N–H and O–H groups in total. The molecule has 2 aromatic carbocycles. The predicted octanol–water partition coefficient (Wildman–Crippen LogP) is 3.78. The van der Waals surface area contributed by atoms with Gasteiger partial charge in [0.2, 0.25) is 0 Å². The smallest absolute Gasteiger partial charge is 0.173 e. The molecule has 0 radical (unpaired) electrons. The van der Waals surface area contributed by atoms with E-state index < -0.39 is 11.6 Å². The van der Waals surface area contributed by atoms with Crippen molar-refractivity contribution < 1.29 is 8.78 Å². The summed E-state index contributed by atoms with van der Waals surface area (Å²) in [5, 5.41) is 0. The quantitative estimate of drug-likeness (QED) is 0.505. The molecule has 0 aliphatic rings. The van der Waals surface area contributed by atoms with E-state index in [1.165, 1.54) is 6.07 Å². The standard InChI is InChI=1S/C15H15BrF2N2/c1-9-3-2-4-10(7-9)8-13(20-19)11-5-6-12(17)15(18)14(11)16/h2-7,13,20H,8,19H2,1H3. The van der Waals surface area contributed by atoms with Crippen molar-refractivity contribution in [2.45, 2.75) is 19.4 Å². The van der Waals surface area contributed by atoms with Crippen molar-refractivity contribution in [3.63, 3.8) is 0 Å². The molecule has 106 valence electrons. The Hall–Kier alpha value is -1.30. The van der Waals surface area contributed by atoms with Gasteiger partial charge in [0, 0.05) is 0 Å². The second-order valence-electron chi connectivity index (χ2n) is 4.68. The minimum Gasteiger partial charge on any atom is -0.271 e. The lowest BCUT2D eigenvalue weighted by Gasteiger charge is -2.18. The fraction of sp³-hybridized carbons (Fsp3) is 0.200. The van der Waals surface area contributed by atoms with E-state index in [1.807, 2.05) is 31.2 Å². The summed E-state index contributed by atoms with van der Waals surface area (Å²) in [7, 11) is 0. The van der Waals surface area contributed by atoms with Crippen LogP contribution < -0.4 is 11.3 Å². The van der Waals surface area contributed by atoms with Gasteiger partial charge in [-0.1, -0.05) is 35.9 Å². The van der Waals surface area contributed by atoms with Crippen molar-refractivity contribution in [3.8, 4) is 0 Å². The van der Waals surface area contributed by atoms with Crippen LogP contribution in [0.5, 0.6) is 0 Å². The predicted molar refractivity (Wildman–Crippen MR) is 79.0 cm³/mol. The highest BCUT2D eigenvalue weighted by Crippen LogP contribution is 2.29. The molecule has 2 aromatic rings. The molecule has 0 saturated heterocycles. The molecule has 2 rings (SSSR count). The zero-order valence-electron chi connectivity index (χ0n) is 11.0. The SMILES string of the molecule is Cc1cccc(CC(NN)c2ccc(F)c(F)c2Br)c1. The number of hydrogen-bond donors (Lipinski definition) is 2. The van der Waals surface area contributed by atoms with E-state index in [0.717, 1.165) is 17.2 Å². The topological polar surface area (TPSA) is 38.0 Å². The molecular weight excluding hydrogens is 326 g/mol. The van der Waals surface area contributed by atoms with Crippen LogP contribution in [-0.4, -0.2) is 0 Å². The van der Waals surface area contributed by atoms with E-state index in [-0.39, 0.29) is 10.5 Å². The number of hydrazine groups is 1. The van der Waals surface area contributed by atoms with Crippen molar-refractivity contribution in [3.05, 3.63) is 69.2 Å². The monoisotopic (exact) mass is 340 g/mol. The van der Waals surface area contributed by atoms with Gasteiger partial charge >= 0.3 is 0 Å². The van der Waals surface area contributed by atoms with Crippen LogP contribution in [0.25, 0.3) is 0 Å². The molecule has 0 aliphatic heterocycles. The molecule has 1 unspecified atom stereocenters. The van der Waals surface area contributed by atoms with Crippen LogP contribution in [0.2, 0.25) is 0 Å². The lowest BCUT2D eigenvalue weighted by molar-refractivity contribution is 0.491. The number of hydrogen-bond acceptors (Lipinski definition) is 2. The van der Waals surface area contributed by atoms with Crippen LogP contribution >= 0.6 is 15.9 Å². The molecule has 20 heavy (non-hydrogen) atoms. The van der Waals surface area contributed by atoms with Crippen molar-refractivity contribution in [1.82, 2.24) is 5.43 Å². The molecule has 0 spiro atoms. The van der Waals surface area contributed by atoms with Gasteiger partial charge in [-0.05, 0) is 46.5 Å². The molecule has 0 bridgehead atoms. The Labute approximate surface area is 125 Å². The van der Waals surface area contributed by atoms with E-state index in [9.17, 15) is 8.78 Å². The number of aryl methyl sites for hydroxylation is 1. The second kappa shape index (κ2) is 6.43. The van der Waals surface area contributed by atoms with E-state index >= 15 is 0 Å². The summed E-state index contributed by atoms with van der Waals surface area (Å²) in [5.74, 6) is 3.78. The first-order valence-corrected chi connectivity index (χ1v) is 6.97. The number of rotatable bonds is 4. The van der Waals surface area contributed by atoms with Crippen molar-refractivity contribution >= 4 is 15.9 Å². The zero-order valence-corrected chi connectivity index (χ0v) is 12.5. The highest BCUT2D eigenvalue weighted by molar-refractivity contribution is 9.10. The third-order valence-electron chi connectivity index (χ3n) is 3.16. The van der Waals surface area contributed by atoms with Gasteiger partial charge in [-0.15, -0.1) is 0 Å². The summed E-state index contributed by atoms with van der Waals surface area (Å²) < 4.78 is 26.9. The van der Waals surface area contributed by atoms with Gasteiger partial charge < -0.3 is 0 Å². The Morgan fingerprint density at radius 2 is 2.00 bits per heavy atom. The molecule has 0 aliphatic carbocycles. The second-order valence-corrected chi connectivity index (χ2v) is 5.47. The molecule has 0 aromatic heterocycles. The van der Waals surface area contributed by atoms with Gasteiger partial charge in [-0.3, -0.25) is 11.3 Å². The maximum absolute atomic E-state index is 13.6. The maximum Gasteiger partial charge on any atom is 0.173 e. The molecule has 5 heteroatoms. The lowest BCUT2D eigenvalue weighted by atomic mass is 9.98. The average Bonchev–Trinajstić information content (AvgIpc) is 2.43. The summed E-state index contributed by atoms with van der Waals surface area (Å²) in [6.45, 7) is 2.00. The van der Waals surface area contributed by atoms with E-state index in [1.54, 1.807) is 0 Å². The Morgan fingerprint density at radius 1 is 1.25 bits per heavy atom. The molecule has 0 saturated carbocycles. The fourth-order valence-electron chi connectivity index (χ4n) is 2.14. The highest BCUT2D eigenvalue weighted by Gasteiger charge is 2.18. The average molecular weight is 341 g/mol. The summed E-state index contributed by atoms with van der Waals surface area (Å²) >= 11 is 3.09. The Kier molecular flexibility index (Phi) is 4.86. The van der Waals surface area contributed by atoms with Crippen molar-refractivity contribution in [1.29, 1.82) is 0 Å². The lowest BCUT2D eigenvalue weighted by Crippen LogP contribution is -2.30.